The molecule has 0 aliphatic rings. The maximum absolute atomic E-state index is 12.8. The van der Waals surface area contributed by atoms with Crippen molar-refractivity contribution in [3.63, 3.8) is 0 Å². The average molecular weight is 211 g/mol. The highest BCUT2D eigenvalue weighted by molar-refractivity contribution is 5.58. The van der Waals surface area contributed by atoms with Gasteiger partial charge in [0.2, 0.25) is 5.70 Å². The van der Waals surface area contributed by atoms with Gasteiger partial charge in [-0.15, -0.1) is 0 Å². The average Bonchev–Trinajstić information content (AvgIpc) is 2.18. The van der Waals surface area contributed by atoms with Crippen LogP contribution in [0, 0.1) is 15.9 Å². The first-order chi connectivity index (χ1) is 7.04. The van der Waals surface area contributed by atoms with E-state index in [0.717, 1.165) is 18.2 Å². The minimum absolute atomic E-state index is 0.0732. The highest BCUT2D eigenvalue weighted by Crippen LogP contribution is 2.21. The molecule has 80 valence electrons. The fourth-order valence-electron chi connectivity index (χ4n) is 1.10. The number of phenolic OH excluding ortho intramolecular Hbond substituents is 1. The normalized spacial score (nSPS) is 11.5. The minimum Gasteiger partial charge on any atom is -0.507 e. The molecule has 0 radical (unpaired) electrons. The van der Waals surface area contributed by atoms with E-state index >= 15 is 0 Å². The number of halogens is 1. The molecule has 1 rings (SSSR count). The first kappa shape index (κ1) is 11.2. The Bertz CT molecular complexity index is 415. The third-order valence-corrected chi connectivity index (χ3v) is 1.91. The molecule has 1 aromatic rings. The van der Waals surface area contributed by atoms with Crippen molar-refractivity contribution in [2.24, 2.45) is 0 Å². The Morgan fingerprint density at radius 1 is 1.67 bits per heavy atom. The van der Waals surface area contributed by atoms with Crippen molar-refractivity contribution in [1.82, 2.24) is 0 Å². The second-order valence-corrected chi connectivity index (χ2v) is 2.95. The molecule has 5 heteroatoms. The minimum atomic E-state index is -0.551. The molecule has 15 heavy (non-hydrogen) atoms. The van der Waals surface area contributed by atoms with Crippen LogP contribution in [0.2, 0.25) is 0 Å². The lowest BCUT2D eigenvalue weighted by atomic mass is 10.1. The van der Waals surface area contributed by atoms with E-state index in [1.807, 2.05) is 0 Å². The number of allylic oxidation sites excluding steroid dienone is 1. The van der Waals surface area contributed by atoms with E-state index in [2.05, 4.69) is 0 Å². The number of aromatic hydroxyl groups is 1. The zero-order chi connectivity index (χ0) is 11.4. The smallest absolute Gasteiger partial charge is 0.246 e. The molecule has 0 saturated heterocycles. The number of hydrogen-bond acceptors (Lipinski definition) is 3. The molecule has 0 aliphatic carbocycles. The van der Waals surface area contributed by atoms with Gasteiger partial charge in [0, 0.05) is 18.1 Å². The van der Waals surface area contributed by atoms with Crippen molar-refractivity contribution in [1.29, 1.82) is 0 Å². The Kier molecular flexibility index (Phi) is 3.38. The van der Waals surface area contributed by atoms with Crippen LogP contribution in [-0.4, -0.2) is 10.0 Å². The van der Waals surface area contributed by atoms with Crippen LogP contribution in [0.15, 0.2) is 23.9 Å². The first-order valence-corrected chi connectivity index (χ1v) is 4.38. The molecule has 0 aliphatic heterocycles. The van der Waals surface area contributed by atoms with Gasteiger partial charge in [-0.1, -0.05) is 6.92 Å². The van der Waals surface area contributed by atoms with Gasteiger partial charge in [0.1, 0.15) is 11.6 Å². The summed E-state index contributed by atoms with van der Waals surface area (Å²) < 4.78 is 12.8. The predicted octanol–water partition coefficient (Wildman–Crippen LogP) is 2.56. The van der Waals surface area contributed by atoms with Crippen molar-refractivity contribution in [2.45, 2.75) is 13.3 Å². The molecule has 0 saturated carbocycles. The van der Waals surface area contributed by atoms with Crippen LogP contribution in [0.1, 0.15) is 18.9 Å². The van der Waals surface area contributed by atoms with Crippen LogP contribution in [0.25, 0.3) is 6.08 Å². The Hall–Kier alpha value is -1.91. The van der Waals surface area contributed by atoms with E-state index in [1.54, 1.807) is 6.92 Å². The number of rotatable bonds is 3. The van der Waals surface area contributed by atoms with Crippen molar-refractivity contribution in [3.8, 4) is 5.75 Å². The molecule has 0 fully saturated rings. The van der Waals surface area contributed by atoms with Crippen LogP contribution < -0.4 is 0 Å². The van der Waals surface area contributed by atoms with E-state index in [-0.39, 0.29) is 23.4 Å². The van der Waals surface area contributed by atoms with E-state index in [4.69, 9.17) is 0 Å². The molecule has 0 aromatic heterocycles. The van der Waals surface area contributed by atoms with E-state index < -0.39 is 10.7 Å². The third kappa shape index (κ3) is 2.77. The summed E-state index contributed by atoms with van der Waals surface area (Å²) in [5, 5.41) is 19.8. The second kappa shape index (κ2) is 4.54. The molecule has 0 amide bonds. The second-order valence-electron chi connectivity index (χ2n) is 2.95. The van der Waals surface area contributed by atoms with E-state index in [9.17, 15) is 19.6 Å². The van der Waals surface area contributed by atoms with Crippen molar-refractivity contribution in [2.75, 3.05) is 0 Å². The van der Waals surface area contributed by atoms with Crippen LogP contribution >= 0.6 is 0 Å². The number of nitrogens with zero attached hydrogens (tertiary/aromatic N) is 1. The van der Waals surface area contributed by atoms with Gasteiger partial charge in [0.25, 0.3) is 0 Å². The van der Waals surface area contributed by atoms with Gasteiger partial charge in [-0.25, -0.2) is 4.39 Å². The van der Waals surface area contributed by atoms with Crippen LogP contribution in [0.3, 0.4) is 0 Å². The molecule has 0 atom stereocenters. The summed E-state index contributed by atoms with van der Waals surface area (Å²) >= 11 is 0. The monoisotopic (exact) mass is 211 g/mol. The largest absolute Gasteiger partial charge is 0.507 e. The topological polar surface area (TPSA) is 63.4 Å². The molecule has 1 aromatic carbocycles. The zero-order valence-electron chi connectivity index (χ0n) is 8.11. The summed E-state index contributed by atoms with van der Waals surface area (Å²) in [4.78, 5) is 9.94. The lowest BCUT2D eigenvalue weighted by Crippen LogP contribution is -1.96. The number of hydrogen-bond donors (Lipinski definition) is 1. The summed E-state index contributed by atoms with van der Waals surface area (Å²) in [5.41, 5.74) is 0.0412. The van der Waals surface area contributed by atoms with Gasteiger partial charge < -0.3 is 5.11 Å². The standard InChI is InChI=1S/C10H10FNO3/c1-2-9(12(14)15)6-7-5-8(11)3-4-10(7)13/h3-6,13H,2H2,1H3/b9-6+. The highest BCUT2D eigenvalue weighted by Gasteiger charge is 2.09. The van der Waals surface area contributed by atoms with Crippen LogP contribution in [-0.2, 0) is 0 Å². The fourth-order valence-corrected chi connectivity index (χ4v) is 1.10. The summed E-state index contributed by atoms with van der Waals surface area (Å²) in [6.45, 7) is 1.62. The lowest BCUT2D eigenvalue weighted by Gasteiger charge is -1.99. The Balaban J connectivity index is 3.16. The molecular weight excluding hydrogens is 201 g/mol. The summed E-state index contributed by atoms with van der Waals surface area (Å²) in [6.07, 6.45) is 1.38. The number of benzene rings is 1. The zero-order valence-corrected chi connectivity index (χ0v) is 8.11. The van der Waals surface area contributed by atoms with Crippen molar-refractivity contribution in [3.05, 3.63) is 45.4 Å². The number of phenols is 1. The van der Waals surface area contributed by atoms with Gasteiger partial charge in [-0.05, 0) is 18.2 Å². The molecular formula is C10H10FNO3. The van der Waals surface area contributed by atoms with E-state index in [0.29, 0.717) is 0 Å². The van der Waals surface area contributed by atoms with Crippen LogP contribution in [0.4, 0.5) is 4.39 Å². The first-order valence-electron chi connectivity index (χ1n) is 4.38. The van der Waals surface area contributed by atoms with Gasteiger partial charge in [-0.2, -0.15) is 0 Å². The Morgan fingerprint density at radius 3 is 2.87 bits per heavy atom. The third-order valence-electron chi connectivity index (χ3n) is 1.91. The number of nitro groups is 1. The van der Waals surface area contributed by atoms with Crippen LogP contribution in [0.5, 0.6) is 5.75 Å². The Morgan fingerprint density at radius 2 is 2.33 bits per heavy atom. The maximum Gasteiger partial charge on any atom is 0.246 e. The van der Waals surface area contributed by atoms with Gasteiger partial charge >= 0.3 is 0 Å². The lowest BCUT2D eigenvalue weighted by molar-refractivity contribution is -0.425. The summed E-state index contributed by atoms with van der Waals surface area (Å²) in [7, 11) is 0. The van der Waals surface area contributed by atoms with Gasteiger partial charge in [0.15, 0.2) is 0 Å². The molecule has 0 unspecified atom stereocenters. The van der Waals surface area contributed by atoms with Gasteiger partial charge in [0.05, 0.1) is 4.92 Å². The quantitative estimate of drug-likeness (QED) is 0.617. The SMILES string of the molecule is CC/C(=C\c1cc(F)ccc1O)[N+](=O)[O-]. The van der Waals surface area contributed by atoms with Crippen molar-refractivity contribution >= 4 is 6.08 Å². The van der Waals surface area contributed by atoms with E-state index in [1.165, 1.54) is 6.08 Å². The predicted molar refractivity (Wildman–Crippen MR) is 53.3 cm³/mol. The molecule has 0 spiro atoms. The van der Waals surface area contributed by atoms with Gasteiger partial charge in [-0.3, -0.25) is 10.1 Å². The molecule has 1 N–H and O–H groups in total. The highest BCUT2D eigenvalue weighted by atomic mass is 19.1. The molecule has 0 bridgehead atoms. The maximum atomic E-state index is 12.8. The Labute approximate surface area is 85.8 Å². The molecule has 4 nitrogen and oxygen atoms in total. The fraction of sp³-hybridized carbons (Fsp3) is 0.200. The molecule has 0 heterocycles. The summed E-state index contributed by atoms with van der Waals surface area (Å²) in [5.74, 6) is -0.720. The van der Waals surface area contributed by atoms with Crippen molar-refractivity contribution < 1.29 is 14.4 Å². The summed E-state index contributed by atoms with van der Waals surface area (Å²) in [6, 6.07) is 3.30.